The molecule has 2 aromatic heterocycles. The van der Waals surface area contributed by atoms with Crippen molar-refractivity contribution in [1.29, 1.82) is 0 Å². The van der Waals surface area contributed by atoms with Crippen molar-refractivity contribution in [3.8, 4) is 0 Å². The van der Waals surface area contributed by atoms with Crippen LogP contribution in [0.5, 0.6) is 0 Å². The SMILES string of the molecule is CC(C)n1cc(CNc2cnccc2Cl)cn1. The first-order valence-electron chi connectivity index (χ1n) is 5.53. The highest BCUT2D eigenvalue weighted by Crippen LogP contribution is 2.19. The van der Waals surface area contributed by atoms with E-state index >= 15 is 0 Å². The molecule has 1 N–H and O–H groups in total. The largest absolute Gasteiger partial charge is 0.378 e. The second-order valence-corrected chi connectivity index (χ2v) is 4.54. The van der Waals surface area contributed by atoms with Crippen LogP contribution in [0.15, 0.2) is 30.9 Å². The van der Waals surface area contributed by atoms with Crippen LogP contribution in [0.3, 0.4) is 0 Å². The number of hydrogen-bond donors (Lipinski definition) is 1. The Morgan fingerprint density at radius 3 is 2.88 bits per heavy atom. The van der Waals surface area contributed by atoms with E-state index in [1.807, 2.05) is 17.1 Å². The second kappa shape index (κ2) is 5.19. The highest BCUT2D eigenvalue weighted by molar-refractivity contribution is 6.33. The van der Waals surface area contributed by atoms with Gasteiger partial charge in [-0.15, -0.1) is 0 Å². The van der Waals surface area contributed by atoms with Gasteiger partial charge in [-0.05, 0) is 19.9 Å². The molecule has 0 aliphatic carbocycles. The van der Waals surface area contributed by atoms with E-state index < -0.39 is 0 Å². The van der Waals surface area contributed by atoms with Crippen LogP contribution in [0, 0.1) is 0 Å². The molecular weight excluding hydrogens is 236 g/mol. The topological polar surface area (TPSA) is 42.7 Å². The first-order chi connectivity index (χ1) is 8.16. The van der Waals surface area contributed by atoms with Crippen molar-refractivity contribution in [2.75, 3.05) is 5.32 Å². The Labute approximate surface area is 106 Å². The van der Waals surface area contributed by atoms with Gasteiger partial charge < -0.3 is 5.32 Å². The lowest BCUT2D eigenvalue weighted by Gasteiger charge is -2.06. The van der Waals surface area contributed by atoms with E-state index in [-0.39, 0.29) is 0 Å². The van der Waals surface area contributed by atoms with Crippen molar-refractivity contribution in [1.82, 2.24) is 14.8 Å². The summed E-state index contributed by atoms with van der Waals surface area (Å²) < 4.78 is 1.93. The third kappa shape index (κ3) is 2.97. The smallest absolute Gasteiger partial charge is 0.0718 e. The fourth-order valence-corrected chi connectivity index (χ4v) is 1.63. The van der Waals surface area contributed by atoms with Gasteiger partial charge in [-0.25, -0.2) is 0 Å². The van der Waals surface area contributed by atoms with Gasteiger partial charge in [0.25, 0.3) is 0 Å². The molecule has 0 spiro atoms. The summed E-state index contributed by atoms with van der Waals surface area (Å²) in [6, 6.07) is 2.15. The maximum absolute atomic E-state index is 6.02. The summed E-state index contributed by atoms with van der Waals surface area (Å²) in [4.78, 5) is 4.02. The molecule has 0 fully saturated rings. The molecular formula is C12H15ClN4. The van der Waals surface area contributed by atoms with Crippen molar-refractivity contribution in [2.24, 2.45) is 0 Å². The summed E-state index contributed by atoms with van der Waals surface area (Å²) in [5.74, 6) is 0. The number of rotatable bonds is 4. The Kier molecular flexibility index (Phi) is 3.64. The maximum atomic E-state index is 6.02. The molecule has 0 radical (unpaired) electrons. The summed E-state index contributed by atoms with van der Waals surface area (Å²) >= 11 is 6.02. The fourth-order valence-electron chi connectivity index (χ4n) is 1.46. The van der Waals surface area contributed by atoms with Crippen LogP contribution in [0.2, 0.25) is 5.02 Å². The molecule has 0 aliphatic rings. The van der Waals surface area contributed by atoms with Crippen LogP contribution in [-0.4, -0.2) is 14.8 Å². The Balaban J connectivity index is 2.00. The second-order valence-electron chi connectivity index (χ2n) is 4.13. The summed E-state index contributed by atoms with van der Waals surface area (Å²) in [5, 5.41) is 8.19. The molecule has 2 rings (SSSR count). The van der Waals surface area contributed by atoms with Crippen molar-refractivity contribution in [2.45, 2.75) is 26.4 Å². The van der Waals surface area contributed by atoms with E-state index in [9.17, 15) is 0 Å². The highest BCUT2D eigenvalue weighted by Gasteiger charge is 2.03. The number of hydrogen-bond acceptors (Lipinski definition) is 3. The van der Waals surface area contributed by atoms with Gasteiger partial charge in [-0.1, -0.05) is 11.6 Å². The molecule has 0 unspecified atom stereocenters. The molecule has 0 aliphatic heterocycles. The van der Waals surface area contributed by atoms with Gasteiger partial charge in [-0.3, -0.25) is 9.67 Å². The lowest BCUT2D eigenvalue weighted by Crippen LogP contribution is -2.01. The van der Waals surface area contributed by atoms with Gasteiger partial charge >= 0.3 is 0 Å². The van der Waals surface area contributed by atoms with E-state index in [1.165, 1.54) is 0 Å². The minimum atomic E-state index is 0.380. The van der Waals surface area contributed by atoms with E-state index in [1.54, 1.807) is 18.5 Å². The number of nitrogens with zero attached hydrogens (tertiary/aromatic N) is 3. The molecule has 2 heterocycles. The van der Waals surface area contributed by atoms with E-state index in [2.05, 4.69) is 29.2 Å². The molecule has 2 aromatic rings. The van der Waals surface area contributed by atoms with Crippen LogP contribution in [0.4, 0.5) is 5.69 Å². The molecule has 0 aromatic carbocycles. The van der Waals surface area contributed by atoms with Gasteiger partial charge in [0, 0.05) is 30.5 Å². The molecule has 4 nitrogen and oxygen atoms in total. The zero-order valence-corrected chi connectivity index (χ0v) is 10.6. The Hall–Kier alpha value is -1.55. The minimum Gasteiger partial charge on any atom is -0.378 e. The predicted octanol–water partition coefficient (Wildman–Crippen LogP) is 3.12. The number of anilines is 1. The molecule has 0 saturated carbocycles. The quantitative estimate of drug-likeness (QED) is 0.907. The lowest BCUT2D eigenvalue weighted by molar-refractivity contribution is 0.532. The standard InChI is InChI=1S/C12H15ClN4/c1-9(2)17-8-10(6-16-17)5-15-12-7-14-4-3-11(12)13/h3-4,6-9,15H,5H2,1-2H3. The predicted molar refractivity (Wildman–Crippen MR) is 69.2 cm³/mol. The van der Waals surface area contributed by atoms with E-state index in [0.29, 0.717) is 17.6 Å². The van der Waals surface area contributed by atoms with Crippen LogP contribution in [0.25, 0.3) is 0 Å². The molecule has 0 atom stereocenters. The van der Waals surface area contributed by atoms with Crippen LogP contribution < -0.4 is 5.32 Å². The van der Waals surface area contributed by atoms with Crippen molar-refractivity contribution < 1.29 is 0 Å². The molecule has 17 heavy (non-hydrogen) atoms. The van der Waals surface area contributed by atoms with Gasteiger partial charge in [-0.2, -0.15) is 5.10 Å². The van der Waals surface area contributed by atoms with E-state index in [4.69, 9.17) is 11.6 Å². The average molecular weight is 251 g/mol. The minimum absolute atomic E-state index is 0.380. The zero-order chi connectivity index (χ0) is 12.3. The number of halogens is 1. The monoisotopic (exact) mass is 250 g/mol. The normalized spacial score (nSPS) is 10.8. The first kappa shape index (κ1) is 11.9. The van der Waals surface area contributed by atoms with E-state index in [0.717, 1.165) is 11.3 Å². The van der Waals surface area contributed by atoms with Crippen molar-refractivity contribution in [3.05, 3.63) is 41.4 Å². The summed E-state index contributed by atoms with van der Waals surface area (Å²) in [6.45, 7) is 4.89. The van der Waals surface area contributed by atoms with Crippen LogP contribution in [0.1, 0.15) is 25.5 Å². The Morgan fingerprint density at radius 1 is 1.41 bits per heavy atom. The Morgan fingerprint density at radius 2 is 2.24 bits per heavy atom. The third-order valence-electron chi connectivity index (χ3n) is 2.43. The van der Waals surface area contributed by atoms with Crippen molar-refractivity contribution >= 4 is 17.3 Å². The molecule has 0 bridgehead atoms. The fraction of sp³-hybridized carbons (Fsp3) is 0.333. The molecule has 0 saturated heterocycles. The van der Waals surface area contributed by atoms with Gasteiger partial charge in [0.1, 0.15) is 0 Å². The van der Waals surface area contributed by atoms with Crippen LogP contribution >= 0.6 is 11.6 Å². The highest BCUT2D eigenvalue weighted by atomic mass is 35.5. The van der Waals surface area contributed by atoms with Crippen LogP contribution in [-0.2, 0) is 6.54 Å². The zero-order valence-electron chi connectivity index (χ0n) is 9.89. The summed E-state index contributed by atoms with van der Waals surface area (Å²) in [6.07, 6.45) is 7.28. The van der Waals surface area contributed by atoms with Gasteiger partial charge in [0.2, 0.25) is 0 Å². The number of aromatic nitrogens is 3. The van der Waals surface area contributed by atoms with Gasteiger partial charge in [0.15, 0.2) is 0 Å². The first-order valence-corrected chi connectivity index (χ1v) is 5.91. The third-order valence-corrected chi connectivity index (χ3v) is 2.76. The molecule has 90 valence electrons. The maximum Gasteiger partial charge on any atom is 0.0718 e. The molecule has 0 amide bonds. The average Bonchev–Trinajstić information content (AvgIpc) is 2.77. The van der Waals surface area contributed by atoms with Crippen molar-refractivity contribution in [3.63, 3.8) is 0 Å². The molecule has 5 heteroatoms. The Bertz CT molecular complexity index is 493. The summed E-state index contributed by atoms with van der Waals surface area (Å²) in [5.41, 5.74) is 1.96. The number of pyridine rings is 1. The number of nitrogens with one attached hydrogen (secondary N) is 1. The lowest BCUT2D eigenvalue weighted by atomic mass is 10.3. The van der Waals surface area contributed by atoms with Gasteiger partial charge in [0.05, 0.1) is 23.1 Å². The summed E-state index contributed by atoms with van der Waals surface area (Å²) in [7, 11) is 0.